The molecule has 4 nitrogen and oxygen atoms in total. The van der Waals surface area contributed by atoms with E-state index in [4.69, 9.17) is 9.15 Å². The van der Waals surface area contributed by atoms with Gasteiger partial charge in [0.2, 0.25) is 0 Å². The first-order valence-electron chi connectivity index (χ1n) is 6.21. The van der Waals surface area contributed by atoms with Crippen molar-refractivity contribution < 1.29 is 13.9 Å². The fraction of sp³-hybridized carbons (Fsp3) is 0.267. The monoisotopic (exact) mass is 259 g/mol. The van der Waals surface area contributed by atoms with Crippen molar-refractivity contribution in [1.29, 1.82) is 0 Å². The molecule has 0 aliphatic carbocycles. The Morgan fingerprint density at radius 3 is 2.58 bits per heavy atom. The highest BCUT2D eigenvalue weighted by Crippen LogP contribution is 2.13. The van der Waals surface area contributed by atoms with Gasteiger partial charge in [-0.05, 0) is 44.2 Å². The minimum absolute atomic E-state index is 0.105. The van der Waals surface area contributed by atoms with E-state index in [0.717, 1.165) is 11.3 Å². The van der Waals surface area contributed by atoms with Gasteiger partial charge in [0.25, 0.3) is 0 Å². The average Bonchev–Trinajstić information content (AvgIpc) is 2.89. The molecule has 1 aromatic carbocycles. The van der Waals surface area contributed by atoms with Crippen LogP contribution in [-0.2, 0) is 11.3 Å². The Kier molecular flexibility index (Phi) is 4.23. The van der Waals surface area contributed by atoms with E-state index in [1.807, 2.05) is 32.0 Å². The molecule has 0 amide bonds. The van der Waals surface area contributed by atoms with E-state index < -0.39 is 0 Å². The summed E-state index contributed by atoms with van der Waals surface area (Å²) in [6, 6.07) is 9.13. The summed E-state index contributed by atoms with van der Waals surface area (Å²) >= 11 is 0. The molecule has 2 rings (SSSR count). The summed E-state index contributed by atoms with van der Waals surface area (Å²) in [4.78, 5) is 11.7. The maximum atomic E-state index is 11.7. The van der Waals surface area contributed by atoms with Crippen LogP contribution in [0.15, 0.2) is 47.3 Å². The Bertz CT molecular complexity index is 515. The lowest BCUT2D eigenvalue weighted by Gasteiger charge is -2.09. The van der Waals surface area contributed by atoms with Crippen molar-refractivity contribution >= 4 is 11.7 Å². The molecule has 19 heavy (non-hydrogen) atoms. The van der Waals surface area contributed by atoms with Gasteiger partial charge in [0.1, 0.15) is 0 Å². The van der Waals surface area contributed by atoms with Crippen LogP contribution in [0.4, 0.5) is 5.69 Å². The van der Waals surface area contributed by atoms with Gasteiger partial charge in [-0.25, -0.2) is 4.79 Å². The summed E-state index contributed by atoms with van der Waals surface area (Å²) in [7, 11) is 0. The van der Waals surface area contributed by atoms with E-state index in [-0.39, 0.29) is 12.1 Å². The van der Waals surface area contributed by atoms with Gasteiger partial charge in [-0.1, -0.05) is 0 Å². The van der Waals surface area contributed by atoms with Crippen molar-refractivity contribution in [2.75, 3.05) is 5.32 Å². The van der Waals surface area contributed by atoms with Gasteiger partial charge in [-0.3, -0.25) is 0 Å². The molecule has 0 bridgehead atoms. The highest BCUT2D eigenvalue weighted by molar-refractivity contribution is 5.89. The highest BCUT2D eigenvalue weighted by atomic mass is 16.5. The van der Waals surface area contributed by atoms with Crippen molar-refractivity contribution in [3.05, 3.63) is 54.0 Å². The molecule has 2 aromatic rings. The molecule has 100 valence electrons. The van der Waals surface area contributed by atoms with E-state index in [1.165, 1.54) is 0 Å². The van der Waals surface area contributed by atoms with E-state index >= 15 is 0 Å². The summed E-state index contributed by atoms with van der Waals surface area (Å²) < 4.78 is 10.1. The van der Waals surface area contributed by atoms with Gasteiger partial charge in [0.15, 0.2) is 0 Å². The van der Waals surface area contributed by atoms with Crippen molar-refractivity contribution in [2.45, 2.75) is 26.5 Å². The maximum absolute atomic E-state index is 11.7. The zero-order chi connectivity index (χ0) is 13.7. The number of ether oxygens (including phenoxy) is 1. The Morgan fingerprint density at radius 1 is 1.26 bits per heavy atom. The van der Waals surface area contributed by atoms with Crippen LogP contribution in [0.1, 0.15) is 29.8 Å². The molecule has 4 heteroatoms. The van der Waals surface area contributed by atoms with E-state index in [9.17, 15) is 4.79 Å². The van der Waals surface area contributed by atoms with Gasteiger partial charge in [0, 0.05) is 17.8 Å². The van der Waals surface area contributed by atoms with E-state index in [2.05, 4.69) is 5.32 Å². The third-order valence-electron chi connectivity index (χ3n) is 2.54. The lowest BCUT2D eigenvalue weighted by molar-refractivity contribution is 0.0378. The normalized spacial score (nSPS) is 10.5. The van der Waals surface area contributed by atoms with Crippen molar-refractivity contribution in [3.63, 3.8) is 0 Å². The molecule has 0 aliphatic rings. The molecule has 0 spiro atoms. The fourth-order valence-electron chi connectivity index (χ4n) is 1.60. The Hall–Kier alpha value is -2.23. The number of carbonyl (C=O) groups is 1. The molecule has 0 saturated carbocycles. The van der Waals surface area contributed by atoms with Crippen LogP contribution < -0.4 is 5.32 Å². The summed E-state index contributed by atoms with van der Waals surface area (Å²) in [6.07, 6.45) is 3.23. The number of hydrogen-bond donors (Lipinski definition) is 1. The predicted octanol–water partition coefficient (Wildman–Crippen LogP) is 3.46. The average molecular weight is 259 g/mol. The molecule has 1 aromatic heterocycles. The second kappa shape index (κ2) is 6.09. The number of hydrogen-bond acceptors (Lipinski definition) is 4. The zero-order valence-corrected chi connectivity index (χ0v) is 11.1. The molecule has 1 N–H and O–H groups in total. The summed E-state index contributed by atoms with van der Waals surface area (Å²) in [5.74, 6) is -0.295. The van der Waals surface area contributed by atoms with Crippen LogP contribution in [0.2, 0.25) is 0 Å². The zero-order valence-electron chi connectivity index (χ0n) is 11.1. The smallest absolute Gasteiger partial charge is 0.338 e. The van der Waals surface area contributed by atoms with E-state index in [1.54, 1.807) is 24.7 Å². The lowest BCUT2D eigenvalue weighted by atomic mass is 10.2. The number of carbonyl (C=O) groups excluding carboxylic acids is 1. The summed E-state index contributed by atoms with van der Waals surface area (Å²) in [5.41, 5.74) is 2.58. The Labute approximate surface area is 112 Å². The highest BCUT2D eigenvalue weighted by Gasteiger charge is 2.08. The first-order valence-corrected chi connectivity index (χ1v) is 6.21. The Balaban J connectivity index is 1.92. The topological polar surface area (TPSA) is 51.5 Å². The van der Waals surface area contributed by atoms with Crippen LogP contribution in [0.5, 0.6) is 0 Å². The van der Waals surface area contributed by atoms with Gasteiger partial charge in [-0.15, -0.1) is 0 Å². The number of nitrogens with one attached hydrogen (secondary N) is 1. The van der Waals surface area contributed by atoms with Gasteiger partial charge < -0.3 is 14.5 Å². The first-order chi connectivity index (χ1) is 9.15. The molecule has 1 heterocycles. The van der Waals surface area contributed by atoms with Crippen LogP contribution in [0, 0.1) is 0 Å². The molecular weight excluding hydrogens is 242 g/mol. The molecule has 0 fully saturated rings. The summed E-state index contributed by atoms with van der Waals surface area (Å²) in [6.45, 7) is 4.35. The minimum atomic E-state index is -0.295. The molecule has 0 atom stereocenters. The van der Waals surface area contributed by atoms with Crippen molar-refractivity contribution in [2.24, 2.45) is 0 Å². The third kappa shape index (κ3) is 3.88. The molecule has 0 aliphatic heterocycles. The van der Waals surface area contributed by atoms with Gasteiger partial charge in [-0.2, -0.15) is 0 Å². The third-order valence-corrected chi connectivity index (χ3v) is 2.54. The standard InChI is InChI=1S/C15H17NO3/c1-11(2)19-15(17)13-3-5-14(6-4-13)16-9-12-7-8-18-10-12/h3-8,10-11,16H,9H2,1-2H3. The number of anilines is 1. The number of benzene rings is 1. The van der Waals surface area contributed by atoms with Crippen molar-refractivity contribution in [1.82, 2.24) is 0 Å². The first kappa shape index (κ1) is 13.2. The predicted molar refractivity (Wildman–Crippen MR) is 73.0 cm³/mol. The molecule has 0 saturated heterocycles. The fourth-order valence-corrected chi connectivity index (χ4v) is 1.60. The number of esters is 1. The molecule has 0 unspecified atom stereocenters. The quantitative estimate of drug-likeness (QED) is 0.835. The molecule has 0 radical (unpaired) electrons. The van der Waals surface area contributed by atoms with Gasteiger partial charge >= 0.3 is 5.97 Å². The summed E-state index contributed by atoms with van der Waals surface area (Å²) in [5, 5.41) is 3.24. The minimum Gasteiger partial charge on any atom is -0.472 e. The second-order valence-corrected chi connectivity index (χ2v) is 4.52. The van der Waals surface area contributed by atoms with Crippen LogP contribution in [0.3, 0.4) is 0 Å². The number of furan rings is 1. The van der Waals surface area contributed by atoms with E-state index in [0.29, 0.717) is 12.1 Å². The largest absolute Gasteiger partial charge is 0.472 e. The maximum Gasteiger partial charge on any atom is 0.338 e. The second-order valence-electron chi connectivity index (χ2n) is 4.52. The van der Waals surface area contributed by atoms with Crippen molar-refractivity contribution in [3.8, 4) is 0 Å². The van der Waals surface area contributed by atoms with Crippen LogP contribution in [0.25, 0.3) is 0 Å². The van der Waals surface area contributed by atoms with Crippen LogP contribution in [-0.4, -0.2) is 12.1 Å². The number of rotatable bonds is 5. The van der Waals surface area contributed by atoms with Gasteiger partial charge in [0.05, 0.1) is 24.2 Å². The Morgan fingerprint density at radius 2 is 2.00 bits per heavy atom. The SMILES string of the molecule is CC(C)OC(=O)c1ccc(NCc2ccoc2)cc1. The van der Waals surface area contributed by atoms with Crippen LogP contribution >= 0.6 is 0 Å². The lowest BCUT2D eigenvalue weighted by Crippen LogP contribution is -2.11. The molecular formula is C15H17NO3.